The maximum Gasteiger partial charge on any atom is 0.238 e. The van der Waals surface area contributed by atoms with Crippen LogP contribution in [0.5, 0.6) is 0 Å². The van der Waals surface area contributed by atoms with Gasteiger partial charge in [0.05, 0.1) is 22.0 Å². The maximum absolute atomic E-state index is 12.2. The van der Waals surface area contributed by atoms with Gasteiger partial charge in [-0.2, -0.15) is 0 Å². The van der Waals surface area contributed by atoms with E-state index in [0.29, 0.717) is 23.7 Å². The lowest BCUT2D eigenvalue weighted by Gasteiger charge is -2.22. The highest BCUT2D eigenvalue weighted by Crippen LogP contribution is 2.18. The molecule has 0 N–H and O–H groups in total. The smallest absolute Gasteiger partial charge is 0.238 e. The molecule has 1 aromatic heterocycles. The van der Waals surface area contributed by atoms with Gasteiger partial charge in [0.2, 0.25) is 5.91 Å². The Bertz CT molecular complexity index is 410. The monoisotopic (exact) mass is 257 g/mol. The number of carbonyl (C=O) groups excluding carboxylic acids is 1. The molecule has 1 aromatic rings. The zero-order valence-electron chi connectivity index (χ0n) is 10.7. The van der Waals surface area contributed by atoms with E-state index in [9.17, 15) is 9.00 Å². The molecule has 0 aliphatic carbocycles. The molecule has 96 valence electrons. The summed E-state index contributed by atoms with van der Waals surface area (Å²) >= 11 is 0. The van der Waals surface area contributed by atoms with Crippen molar-refractivity contribution in [1.29, 1.82) is 0 Å². The Balaban J connectivity index is 2.84. The van der Waals surface area contributed by atoms with E-state index < -0.39 is 16.0 Å². The van der Waals surface area contributed by atoms with Crippen LogP contribution in [0.4, 0.5) is 0 Å². The first-order valence-corrected chi connectivity index (χ1v) is 6.97. The second-order valence-corrected chi connectivity index (χ2v) is 5.53. The van der Waals surface area contributed by atoms with Gasteiger partial charge in [0.25, 0.3) is 0 Å². The van der Waals surface area contributed by atoms with Crippen molar-refractivity contribution in [1.82, 2.24) is 4.90 Å². The highest BCUT2D eigenvalue weighted by Gasteiger charge is 2.26. The molecular weight excluding hydrogens is 238 g/mol. The van der Waals surface area contributed by atoms with Crippen LogP contribution < -0.4 is 0 Å². The van der Waals surface area contributed by atoms with E-state index in [-0.39, 0.29) is 5.91 Å². The van der Waals surface area contributed by atoms with Gasteiger partial charge < -0.3 is 9.32 Å². The van der Waals surface area contributed by atoms with Gasteiger partial charge in [-0.1, -0.05) is 0 Å². The fraction of sp³-hybridized carbons (Fsp3) is 0.583. The summed E-state index contributed by atoms with van der Waals surface area (Å²) in [7, 11) is -1.35. The van der Waals surface area contributed by atoms with Gasteiger partial charge in [0.1, 0.15) is 11.0 Å². The van der Waals surface area contributed by atoms with Gasteiger partial charge >= 0.3 is 0 Å². The van der Waals surface area contributed by atoms with Crippen molar-refractivity contribution in [3.8, 4) is 0 Å². The summed E-state index contributed by atoms with van der Waals surface area (Å²) < 4.78 is 17.3. The summed E-state index contributed by atoms with van der Waals surface area (Å²) in [6, 6.07) is 1.66. The van der Waals surface area contributed by atoms with Gasteiger partial charge in [-0.05, 0) is 33.8 Å². The SMILES string of the molecule is CCN(CC)C(=O)[C@H](C)[S@@](=O)c1ccoc1C. The third-order valence-electron chi connectivity index (χ3n) is 2.77. The van der Waals surface area contributed by atoms with Gasteiger partial charge in [-0.25, -0.2) is 0 Å². The Morgan fingerprint density at radius 2 is 2.06 bits per heavy atom. The fourth-order valence-corrected chi connectivity index (χ4v) is 2.89. The van der Waals surface area contributed by atoms with Crippen LogP contribution in [0, 0.1) is 6.92 Å². The molecule has 5 heteroatoms. The Kier molecular flexibility index (Phi) is 4.93. The number of hydrogen-bond donors (Lipinski definition) is 0. The quantitative estimate of drug-likeness (QED) is 0.810. The van der Waals surface area contributed by atoms with Crippen LogP contribution in [0.15, 0.2) is 21.6 Å². The van der Waals surface area contributed by atoms with Crippen LogP contribution in [-0.2, 0) is 15.6 Å². The normalized spacial score (nSPS) is 14.4. The summed E-state index contributed by atoms with van der Waals surface area (Å²) in [5.74, 6) is 0.538. The van der Waals surface area contributed by atoms with E-state index in [4.69, 9.17) is 4.42 Å². The maximum atomic E-state index is 12.2. The lowest BCUT2D eigenvalue weighted by atomic mass is 10.4. The van der Waals surface area contributed by atoms with Crippen LogP contribution in [0.1, 0.15) is 26.5 Å². The summed E-state index contributed by atoms with van der Waals surface area (Å²) in [6.07, 6.45) is 1.50. The molecule has 0 saturated carbocycles. The molecule has 2 atom stereocenters. The Hall–Kier alpha value is -1.10. The van der Waals surface area contributed by atoms with Crippen LogP contribution in [0.25, 0.3) is 0 Å². The second kappa shape index (κ2) is 6.00. The molecule has 0 spiro atoms. The number of nitrogens with zero attached hydrogens (tertiary/aromatic N) is 1. The number of hydrogen-bond acceptors (Lipinski definition) is 3. The van der Waals surface area contributed by atoms with E-state index in [1.807, 2.05) is 13.8 Å². The van der Waals surface area contributed by atoms with E-state index >= 15 is 0 Å². The third kappa shape index (κ3) is 2.97. The molecule has 0 radical (unpaired) electrons. The van der Waals surface area contributed by atoms with Gasteiger partial charge in [0, 0.05) is 13.1 Å². The molecule has 1 rings (SSSR count). The highest BCUT2D eigenvalue weighted by atomic mass is 32.2. The number of rotatable bonds is 5. The minimum atomic E-state index is -1.35. The minimum absolute atomic E-state index is 0.0751. The molecule has 1 heterocycles. The van der Waals surface area contributed by atoms with Crippen molar-refractivity contribution in [2.75, 3.05) is 13.1 Å². The van der Waals surface area contributed by atoms with Gasteiger partial charge in [-0.15, -0.1) is 0 Å². The summed E-state index contributed by atoms with van der Waals surface area (Å²) in [6.45, 7) is 8.56. The van der Waals surface area contributed by atoms with E-state index in [1.54, 1.807) is 24.8 Å². The van der Waals surface area contributed by atoms with Crippen LogP contribution >= 0.6 is 0 Å². The first-order valence-electron chi connectivity index (χ1n) is 5.76. The van der Waals surface area contributed by atoms with Gasteiger partial charge in [0.15, 0.2) is 0 Å². The lowest BCUT2D eigenvalue weighted by molar-refractivity contribution is -0.129. The molecule has 0 saturated heterocycles. The zero-order valence-corrected chi connectivity index (χ0v) is 11.5. The second-order valence-electron chi connectivity index (χ2n) is 3.79. The molecule has 1 amide bonds. The Labute approximate surface area is 104 Å². The third-order valence-corrected chi connectivity index (χ3v) is 4.47. The molecule has 0 unspecified atom stereocenters. The van der Waals surface area contributed by atoms with Gasteiger partial charge in [-0.3, -0.25) is 9.00 Å². The summed E-state index contributed by atoms with van der Waals surface area (Å²) in [4.78, 5) is 14.4. The number of carbonyl (C=O) groups is 1. The average Bonchev–Trinajstić information content (AvgIpc) is 2.75. The molecule has 0 aliphatic rings. The predicted molar refractivity (Wildman–Crippen MR) is 67.2 cm³/mol. The van der Waals surface area contributed by atoms with Crippen molar-refractivity contribution < 1.29 is 13.4 Å². The molecular formula is C12H19NO3S. The Morgan fingerprint density at radius 3 is 2.47 bits per heavy atom. The van der Waals surface area contributed by atoms with Crippen molar-refractivity contribution in [2.45, 2.75) is 37.8 Å². The molecule has 17 heavy (non-hydrogen) atoms. The van der Waals surface area contributed by atoms with Crippen molar-refractivity contribution in [3.05, 3.63) is 18.1 Å². The first kappa shape index (κ1) is 14.0. The molecule has 4 nitrogen and oxygen atoms in total. The number of furan rings is 1. The average molecular weight is 257 g/mol. The van der Waals surface area contributed by atoms with Crippen molar-refractivity contribution in [3.63, 3.8) is 0 Å². The topological polar surface area (TPSA) is 50.5 Å². The van der Waals surface area contributed by atoms with Crippen molar-refractivity contribution >= 4 is 16.7 Å². The largest absolute Gasteiger partial charge is 0.468 e. The summed E-state index contributed by atoms with van der Waals surface area (Å²) in [5.41, 5.74) is 0. The molecule has 0 aromatic carbocycles. The standard InChI is InChI=1S/C12H19NO3S/c1-5-13(6-2)12(14)10(4)17(15)11-7-8-16-9(11)3/h7-8,10H,5-6H2,1-4H3/t10-,17+/m0/s1. The molecule has 0 fully saturated rings. The van der Waals surface area contributed by atoms with Crippen LogP contribution in [-0.4, -0.2) is 33.4 Å². The fourth-order valence-electron chi connectivity index (χ4n) is 1.66. The lowest BCUT2D eigenvalue weighted by Crippen LogP contribution is -2.39. The summed E-state index contributed by atoms with van der Waals surface area (Å²) in [5, 5.41) is -0.536. The van der Waals surface area contributed by atoms with E-state index in [2.05, 4.69) is 0 Å². The van der Waals surface area contributed by atoms with Crippen molar-refractivity contribution in [2.24, 2.45) is 0 Å². The predicted octanol–water partition coefficient (Wildman–Crippen LogP) is 1.95. The van der Waals surface area contributed by atoms with E-state index in [1.165, 1.54) is 6.26 Å². The number of aryl methyl sites for hydroxylation is 1. The first-order chi connectivity index (χ1) is 8.02. The Morgan fingerprint density at radius 1 is 1.47 bits per heavy atom. The zero-order chi connectivity index (χ0) is 13.0. The highest BCUT2D eigenvalue weighted by molar-refractivity contribution is 7.86. The van der Waals surface area contributed by atoms with Crippen LogP contribution in [0.3, 0.4) is 0 Å². The molecule has 0 aliphatic heterocycles. The minimum Gasteiger partial charge on any atom is -0.468 e. The molecule has 0 bridgehead atoms. The van der Waals surface area contributed by atoms with E-state index in [0.717, 1.165) is 0 Å². The number of amides is 1. The van der Waals surface area contributed by atoms with Crippen LogP contribution in [0.2, 0.25) is 0 Å².